The molecule has 0 spiro atoms. The van der Waals surface area contributed by atoms with E-state index in [1.54, 1.807) is 0 Å². The molecule has 0 unspecified atom stereocenters. The van der Waals surface area contributed by atoms with E-state index in [0.29, 0.717) is 26.4 Å². The molecule has 10 heteroatoms. The average Bonchev–Trinajstić information content (AvgIpc) is 2.42. The van der Waals surface area contributed by atoms with Gasteiger partial charge in [0.25, 0.3) is 0 Å². The van der Waals surface area contributed by atoms with Gasteiger partial charge in [-0.1, -0.05) is 0 Å². The fourth-order valence-electron chi connectivity index (χ4n) is 0.898. The molecule has 0 aromatic carbocycles. The van der Waals surface area contributed by atoms with Gasteiger partial charge in [0, 0.05) is 13.2 Å². The lowest BCUT2D eigenvalue weighted by Crippen LogP contribution is -2.10. The second-order valence-electron chi connectivity index (χ2n) is 4.03. The highest BCUT2D eigenvalue weighted by Crippen LogP contribution is 1.92. The number of hydrogen-bond donors (Lipinski definition) is 3. The first-order chi connectivity index (χ1) is 10.7. The Balaban J connectivity index is -0.000000276. The lowest BCUT2D eigenvalue weighted by molar-refractivity contribution is 0.0222. The van der Waals surface area contributed by atoms with Crippen LogP contribution in [0.4, 0.5) is 0 Å². The third-order valence-electron chi connectivity index (χ3n) is 1.57. The Morgan fingerprint density at radius 3 is 1.35 bits per heavy atom. The SMILES string of the molecule is CC(C)OS(=O)(=O)O.CCOCC.OCCOCCOCCO. The van der Waals surface area contributed by atoms with E-state index in [1.165, 1.54) is 13.8 Å². The molecule has 144 valence electrons. The van der Waals surface area contributed by atoms with Crippen molar-refractivity contribution in [2.75, 3.05) is 52.9 Å². The van der Waals surface area contributed by atoms with Gasteiger partial charge in [-0.15, -0.1) is 0 Å². The molecule has 0 aliphatic heterocycles. The molecule has 0 fully saturated rings. The Morgan fingerprint density at radius 2 is 1.22 bits per heavy atom. The highest BCUT2D eigenvalue weighted by molar-refractivity contribution is 7.80. The molecule has 0 saturated heterocycles. The summed E-state index contributed by atoms with van der Waals surface area (Å²) in [5.41, 5.74) is 0. The van der Waals surface area contributed by atoms with Crippen LogP contribution in [-0.4, -0.2) is 82.1 Å². The number of aliphatic hydroxyl groups excluding tert-OH is 2. The van der Waals surface area contributed by atoms with Gasteiger partial charge in [-0.2, -0.15) is 8.42 Å². The Labute approximate surface area is 139 Å². The second-order valence-corrected chi connectivity index (χ2v) is 5.07. The summed E-state index contributed by atoms with van der Waals surface area (Å²) in [7, 11) is -4.22. The number of rotatable bonds is 11. The van der Waals surface area contributed by atoms with Crippen molar-refractivity contribution in [3.8, 4) is 0 Å². The van der Waals surface area contributed by atoms with Crippen molar-refractivity contribution in [1.29, 1.82) is 0 Å². The Hall–Kier alpha value is -0.330. The molecule has 0 aliphatic rings. The molecule has 3 N–H and O–H groups in total. The predicted molar refractivity (Wildman–Crippen MR) is 85.7 cm³/mol. The minimum atomic E-state index is -4.22. The highest BCUT2D eigenvalue weighted by atomic mass is 32.3. The first kappa shape index (κ1) is 27.5. The second kappa shape index (κ2) is 21.7. The van der Waals surface area contributed by atoms with Crippen molar-refractivity contribution in [3.05, 3.63) is 0 Å². The third-order valence-corrected chi connectivity index (χ3v) is 2.19. The van der Waals surface area contributed by atoms with Crippen LogP contribution in [0.2, 0.25) is 0 Å². The number of ether oxygens (including phenoxy) is 3. The quantitative estimate of drug-likeness (QED) is 0.349. The van der Waals surface area contributed by atoms with E-state index >= 15 is 0 Å². The zero-order chi connectivity index (χ0) is 18.6. The Kier molecular flexibility index (Phi) is 25.9. The zero-order valence-electron chi connectivity index (χ0n) is 14.4. The first-order valence-corrected chi connectivity index (χ1v) is 8.72. The van der Waals surface area contributed by atoms with Gasteiger partial charge in [0.1, 0.15) is 0 Å². The van der Waals surface area contributed by atoms with E-state index in [2.05, 4.69) is 4.18 Å². The molecule has 9 nitrogen and oxygen atoms in total. The fraction of sp³-hybridized carbons (Fsp3) is 1.00. The maximum absolute atomic E-state index is 9.78. The van der Waals surface area contributed by atoms with E-state index in [4.69, 9.17) is 29.0 Å². The van der Waals surface area contributed by atoms with Gasteiger partial charge in [-0.05, 0) is 27.7 Å². The summed E-state index contributed by atoms with van der Waals surface area (Å²) in [4.78, 5) is 0. The highest BCUT2D eigenvalue weighted by Gasteiger charge is 2.05. The van der Waals surface area contributed by atoms with Crippen LogP contribution in [0.25, 0.3) is 0 Å². The summed E-state index contributed by atoms with van der Waals surface area (Å²) < 4.78 is 46.0. The van der Waals surface area contributed by atoms with Crippen molar-refractivity contribution < 1.29 is 41.6 Å². The summed E-state index contributed by atoms with van der Waals surface area (Å²) in [5, 5.41) is 16.5. The summed E-state index contributed by atoms with van der Waals surface area (Å²) in [6.45, 7) is 10.4. The zero-order valence-corrected chi connectivity index (χ0v) is 15.3. The van der Waals surface area contributed by atoms with Gasteiger partial charge >= 0.3 is 10.4 Å². The molecule has 0 saturated carbocycles. The molecule has 0 bridgehead atoms. The molecule has 0 rings (SSSR count). The molecular weight excluding hydrogens is 332 g/mol. The van der Waals surface area contributed by atoms with Gasteiger partial charge in [-0.25, -0.2) is 4.18 Å². The van der Waals surface area contributed by atoms with Crippen LogP contribution >= 0.6 is 0 Å². The molecule has 0 heterocycles. The van der Waals surface area contributed by atoms with Crippen molar-refractivity contribution in [2.24, 2.45) is 0 Å². The minimum absolute atomic E-state index is 0.0417. The van der Waals surface area contributed by atoms with E-state index in [9.17, 15) is 8.42 Å². The molecule has 0 aromatic heterocycles. The monoisotopic (exact) mass is 364 g/mol. The molecule has 23 heavy (non-hydrogen) atoms. The van der Waals surface area contributed by atoms with Crippen molar-refractivity contribution in [3.63, 3.8) is 0 Å². The van der Waals surface area contributed by atoms with Crippen molar-refractivity contribution in [2.45, 2.75) is 33.8 Å². The van der Waals surface area contributed by atoms with E-state index in [-0.39, 0.29) is 13.2 Å². The maximum atomic E-state index is 9.78. The molecule has 0 atom stereocenters. The van der Waals surface area contributed by atoms with Crippen LogP contribution in [0, 0.1) is 0 Å². The largest absolute Gasteiger partial charge is 0.397 e. The third kappa shape index (κ3) is 44.9. The minimum Gasteiger partial charge on any atom is -0.394 e. The summed E-state index contributed by atoms with van der Waals surface area (Å²) in [6.07, 6.45) is -0.495. The van der Waals surface area contributed by atoms with E-state index in [1.807, 2.05) is 13.8 Å². The van der Waals surface area contributed by atoms with Gasteiger partial charge < -0.3 is 24.4 Å². The first-order valence-electron chi connectivity index (χ1n) is 7.35. The van der Waals surface area contributed by atoms with Crippen LogP contribution in [0.5, 0.6) is 0 Å². The van der Waals surface area contributed by atoms with Gasteiger partial charge in [-0.3, -0.25) is 4.55 Å². The van der Waals surface area contributed by atoms with Gasteiger partial charge in [0.05, 0.1) is 45.7 Å². The van der Waals surface area contributed by atoms with Gasteiger partial charge in [0.2, 0.25) is 0 Å². The van der Waals surface area contributed by atoms with Crippen LogP contribution in [0.1, 0.15) is 27.7 Å². The summed E-state index contributed by atoms with van der Waals surface area (Å²) in [5.74, 6) is 0. The summed E-state index contributed by atoms with van der Waals surface area (Å²) >= 11 is 0. The molecule has 0 aliphatic carbocycles. The predicted octanol–water partition coefficient (Wildman–Crippen LogP) is 0.261. The topological polar surface area (TPSA) is 132 Å². The fourth-order valence-corrected chi connectivity index (χ4v) is 1.38. The molecule has 0 radical (unpaired) electrons. The number of hydrogen-bond acceptors (Lipinski definition) is 8. The summed E-state index contributed by atoms with van der Waals surface area (Å²) in [6, 6.07) is 0. The van der Waals surface area contributed by atoms with Crippen LogP contribution in [0.15, 0.2) is 0 Å². The smallest absolute Gasteiger partial charge is 0.394 e. The van der Waals surface area contributed by atoms with Crippen LogP contribution in [0.3, 0.4) is 0 Å². The van der Waals surface area contributed by atoms with Crippen LogP contribution < -0.4 is 0 Å². The van der Waals surface area contributed by atoms with Crippen molar-refractivity contribution in [1.82, 2.24) is 0 Å². The molecule has 0 amide bonds. The standard InChI is InChI=1S/C6H14O4.C4H10O.C3H8O4S/c7-1-3-9-5-6-10-4-2-8;1-3-5-4-2;1-3(2)7-8(4,5)6/h7-8H,1-6H2;3-4H2,1-2H3;3H,1-2H3,(H,4,5,6). The lowest BCUT2D eigenvalue weighted by atomic mass is 10.5. The van der Waals surface area contributed by atoms with Gasteiger partial charge in [0.15, 0.2) is 0 Å². The van der Waals surface area contributed by atoms with E-state index < -0.39 is 16.5 Å². The van der Waals surface area contributed by atoms with Crippen LogP contribution in [-0.2, 0) is 28.8 Å². The van der Waals surface area contributed by atoms with E-state index in [0.717, 1.165) is 13.2 Å². The maximum Gasteiger partial charge on any atom is 0.397 e. The number of aliphatic hydroxyl groups is 2. The molecule has 0 aromatic rings. The lowest BCUT2D eigenvalue weighted by Gasteiger charge is -2.01. The Bertz CT molecular complexity index is 284. The Morgan fingerprint density at radius 1 is 0.826 bits per heavy atom. The molecular formula is C13H32O9S. The van der Waals surface area contributed by atoms with Crippen molar-refractivity contribution >= 4 is 10.4 Å². The average molecular weight is 364 g/mol. The normalized spacial score (nSPS) is 10.6.